The number of anilines is 1. The Morgan fingerprint density at radius 1 is 1.43 bits per heavy atom. The lowest BCUT2D eigenvalue weighted by Crippen LogP contribution is -2.03. The van der Waals surface area contributed by atoms with E-state index in [-0.39, 0.29) is 0 Å². The van der Waals surface area contributed by atoms with Crippen LogP contribution in [-0.2, 0) is 0 Å². The zero-order valence-corrected chi connectivity index (χ0v) is 8.63. The highest BCUT2D eigenvalue weighted by atomic mass is 32.2. The van der Waals surface area contributed by atoms with Crippen LogP contribution in [0.3, 0.4) is 0 Å². The Kier molecular flexibility index (Phi) is 2.63. The molecule has 1 heterocycles. The maximum absolute atomic E-state index is 13.4. The second-order valence-corrected chi connectivity index (χ2v) is 4.83. The SMILES string of the molecule is CC1CCNc2ccc(F)c(F)c2S1. The molecule has 2 rings (SSSR count). The van der Waals surface area contributed by atoms with Gasteiger partial charge in [0, 0.05) is 11.8 Å². The average molecular weight is 215 g/mol. The van der Waals surface area contributed by atoms with Gasteiger partial charge in [-0.3, -0.25) is 0 Å². The third kappa shape index (κ3) is 1.71. The lowest BCUT2D eigenvalue weighted by Gasteiger charge is -2.09. The van der Waals surface area contributed by atoms with Gasteiger partial charge in [0.1, 0.15) is 0 Å². The van der Waals surface area contributed by atoms with Crippen LogP contribution in [0.4, 0.5) is 14.5 Å². The van der Waals surface area contributed by atoms with Gasteiger partial charge in [-0.15, -0.1) is 11.8 Å². The van der Waals surface area contributed by atoms with Gasteiger partial charge in [0.05, 0.1) is 10.6 Å². The molecule has 1 aliphatic heterocycles. The minimum absolute atomic E-state index is 0.319. The van der Waals surface area contributed by atoms with Crippen molar-refractivity contribution >= 4 is 17.4 Å². The Hall–Kier alpha value is -0.770. The Morgan fingerprint density at radius 2 is 2.21 bits per heavy atom. The maximum Gasteiger partial charge on any atom is 0.174 e. The van der Waals surface area contributed by atoms with Crippen molar-refractivity contribution in [3.63, 3.8) is 0 Å². The molecule has 1 aromatic carbocycles. The molecule has 1 unspecified atom stereocenters. The number of halogens is 2. The van der Waals surface area contributed by atoms with E-state index in [2.05, 4.69) is 5.32 Å². The number of thioether (sulfide) groups is 1. The first-order valence-electron chi connectivity index (χ1n) is 4.57. The normalized spacial score (nSPS) is 20.9. The second-order valence-electron chi connectivity index (χ2n) is 3.38. The van der Waals surface area contributed by atoms with Crippen molar-refractivity contribution in [3.8, 4) is 0 Å². The fourth-order valence-corrected chi connectivity index (χ4v) is 2.56. The van der Waals surface area contributed by atoms with Crippen LogP contribution >= 0.6 is 11.8 Å². The van der Waals surface area contributed by atoms with Crippen LogP contribution in [0.5, 0.6) is 0 Å². The molecule has 1 aromatic rings. The second kappa shape index (κ2) is 3.77. The molecule has 1 N–H and O–H groups in total. The lowest BCUT2D eigenvalue weighted by atomic mass is 10.3. The monoisotopic (exact) mass is 215 g/mol. The lowest BCUT2D eigenvalue weighted by molar-refractivity contribution is 0.492. The van der Waals surface area contributed by atoms with E-state index in [1.807, 2.05) is 6.92 Å². The minimum Gasteiger partial charge on any atom is -0.384 e. The first-order valence-corrected chi connectivity index (χ1v) is 5.45. The molecule has 1 aliphatic rings. The molecule has 0 amide bonds. The number of hydrogen-bond acceptors (Lipinski definition) is 2. The molecular formula is C10H11F2NS. The van der Waals surface area contributed by atoms with Gasteiger partial charge in [0.15, 0.2) is 11.6 Å². The summed E-state index contributed by atoms with van der Waals surface area (Å²) in [5.41, 5.74) is 0.707. The van der Waals surface area contributed by atoms with Crippen LogP contribution < -0.4 is 5.32 Å². The van der Waals surface area contributed by atoms with E-state index in [9.17, 15) is 8.78 Å². The number of nitrogens with one attached hydrogen (secondary N) is 1. The van der Waals surface area contributed by atoms with Crippen LogP contribution in [0, 0.1) is 11.6 Å². The summed E-state index contributed by atoms with van der Waals surface area (Å²) in [4.78, 5) is 0.412. The summed E-state index contributed by atoms with van der Waals surface area (Å²) < 4.78 is 26.4. The van der Waals surface area contributed by atoms with Gasteiger partial charge < -0.3 is 5.32 Å². The number of hydrogen-bond donors (Lipinski definition) is 1. The standard InChI is InChI=1S/C10H11F2NS/c1-6-4-5-13-8-3-2-7(11)9(12)10(8)14-6/h2-3,6,13H,4-5H2,1H3. The van der Waals surface area contributed by atoms with Gasteiger partial charge >= 0.3 is 0 Å². The zero-order valence-electron chi connectivity index (χ0n) is 7.81. The molecule has 0 bridgehead atoms. The van der Waals surface area contributed by atoms with E-state index in [0.29, 0.717) is 15.8 Å². The maximum atomic E-state index is 13.4. The molecule has 0 radical (unpaired) electrons. The van der Waals surface area contributed by atoms with Gasteiger partial charge in [-0.25, -0.2) is 8.78 Å². The molecule has 4 heteroatoms. The summed E-state index contributed by atoms with van der Waals surface area (Å²) in [5, 5.41) is 3.42. The fourth-order valence-electron chi connectivity index (χ4n) is 1.46. The van der Waals surface area contributed by atoms with Crippen LogP contribution in [0.2, 0.25) is 0 Å². The van der Waals surface area contributed by atoms with Crippen molar-refractivity contribution in [2.24, 2.45) is 0 Å². The van der Waals surface area contributed by atoms with E-state index < -0.39 is 11.6 Å². The highest BCUT2D eigenvalue weighted by Gasteiger charge is 2.19. The Morgan fingerprint density at radius 3 is 3.00 bits per heavy atom. The average Bonchev–Trinajstić information content (AvgIpc) is 2.34. The predicted molar refractivity (Wildman–Crippen MR) is 54.8 cm³/mol. The van der Waals surface area contributed by atoms with Crippen molar-refractivity contribution in [1.29, 1.82) is 0 Å². The summed E-state index contributed by atoms with van der Waals surface area (Å²) >= 11 is 1.40. The summed E-state index contributed by atoms with van der Waals surface area (Å²) in [6.45, 7) is 2.83. The van der Waals surface area contributed by atoms with Crippen molar-refractivity contribution in [2.45, 2.75) is 23.5 Å². The van der Waals surface area contributed by atoms with E-state index in [1.165, 1.54) is 11.8 Å². The van der Waals surface area contributed by atoms with Gasteiger partial charge in [0.25, 0.3) is 0 Å². The topological polar surface area (TPSA) is 12.0 Å². The molecule has 76 valence electrons. The van der Waals surface area contributed by atoms with Crippen LogP contribution in [0.1, 0.15) is 13.3 Å². The molecule has 1 nitrogen and oxygen atoms in total. The van der Waals surface area contributed by atoms with E-state index in [1.54, 1.807) is 6.07 Å². The van der Waals surface area contributed by atoms with Crippen molar-refractivity contribution < 1.29 is 8.78 Å². The van der Waals surface area contributed by atoms with Crippen molar-refractivity contribution in [1.82, 2.24) is 0 Å². The highest BCUT2D eigenvalue weighted by molar-refractivity contribution is 8.00. The quantitative estimate of drug-likeness (QED) is 0.713. The first kappa shape index (κ1) is 9.77. The number of rotatable bonds is 0. The number of fused-ring (bicyclic) bond motifs is 1. The minimum atomic E-state index is -0.771. The summed E-state index contributed by atoms with van der Waals surface area (Å²) in [7, 11) is 0. The van der Waals surface area contributed by atoms with Crippen LogP contribution in [-0.4, -0.2) is 11.8 Å². The molecule has 0 aliphatic carbocycles. The Labute approximate surface area is 85.9 Å². The third-order valence-corrected chi connectivity index (χ3v) is 3.51. The van der Waals surface area contributed by atoms with Gasteiger partial charge in [-0.2, -0.15) is 0 Å². The highest BCUT2D eigenvalue weighted by Crippen LogP contribution is 2.37. The smallest absolute Gasteiger partial charge is 0.174 e. The molecule has 14 heavy (non-hydrogen) atoms. The van der Waals surface area contributed by atoms with E-state index in [4.69, 9.17) is 0 Å². The summed E-state index contributed by atoms with van der Waals surface area (Å²) in [6, 6.07) is 2.76. The van der Waals surface area contributed by atoms with Crippen molar-refractivity contribution in [3.05, 3.63) is 23.8 Å². The van der Waals surface area contributed by atoms with Gasteiger partial charge in [-0.1, -0.05) is 6.92 Å². The predicted octanol–water partition coefficient (Wildman–Crippen LogP) is 3.26. The molecule has 0 saturated carbocycles. The largest absolute Gasteiger partial charge is 0.384 e. The van der Waals surface area contributed by atoms with Crippen LogP contribution in [0.25, 0.3) is 0 Å². The molecule has 1 atom stereocenters. The third-order valence-electron chi connectivity index (χ3n) is 2.24. The molecule has 0 saturated heterocycles. The van der Waals surface area contributed by atoms with Gasteiger partial charge in [0.2, 0.25) is 0 Å². The molecule has 0 aromatic heterocycles. The summed E-state index contributed by atoms with van der Waals surface area (Å²) in [5.74, 6) is -1.50. The van der Waals surface area contributed by atoms with E-state index >= 15 is 0 Å². The van der Waals surface area contributed by atoms with E-state index in [0.717, 1.165) is 19.0 Å². The molecular weight excluding hydrogens is 204 g/mol. The first-order chi connectivity index (χ1) is 6.68. The summed E-state index contributed by atoms with van der Waals surface area (Å²) in [6.07, 6.45) is 0.959. The molecule has 0 spiro atoms. The van der Waals surface area contributed by atoms with Gasteiger partial charge in [-0.05, 0) is 18.6 Å². The zero-order chi connectivity index (χ0) is 10.1. The fraction of sp³-hybridized carbons (Fsp3) is 0.400. The van der Waals surface area contributed by atoms with Crippen LogP contribution in [0.15, 0.2) is 17.0 Å². The Bertz CT molecular complexity index is 354. The Balaban J connectivity index is 2.46. The number of benzene rings is 1. The van der Waals surface area contributed by atoms with Crippen molar-refractivity contribution in [2.75, 3.05) is 11.9 Å². The molecule has 0 fully saturated rings.